The fraction of sp³-hybridized carbons (Fsp3) is 0.381. The van der Waals surface area contributed by atoms with Crippen molar-refractivity contribution in [3.63, 3.8) is 0 Å². The van der Waals surface area contributed by atoms with Gasteiger partial charge in [0.1, 0.15) is 18.1 Å². The van der Waals surface area contributed by atoms with Crippen molar-refractivity contribution in [3.05, 3.63) is 65.4 Å². The Morgan fingerprint density at radius 1 is 1.28 bits per heavy atom. The van der Waals surface area contributed by atoms with Crippen LogP contribution < -0.4 is 10.1 Å². The number of oxazole rings is 1. The van der Waals surface area contributed by atoms with Gasteiger partial charge in [-0.3, -0.25) is 9.69 Å². The van der Waals surface area contributed by atoms with E-state index in [4.69, 9.17) is 9.15 Å². The van der Waals surface area contributed by atoms with Crippen molar-refractivity contribution in [1.29, 1.82) is 0 Å². The molecule has 2 aromatic heterocycles. The molecule has 8 nitrogen and oxygen atoms in total. The predicted octanol–water partition coefficient (Wildman–Crippen LogP) is 2.12. The van der Waals surface area contributed by atoms with Crippen molar-refractivity contribution in [3.8, 4) is 5.75 Å². The van der Waals surface area contributed by atoms with Crippen molar-refractivity contribution in [1.82, 2.24) is 25.2 Å². The molecule has 0 radical (unpaired) electrons. The number of nitrogens with one attached hydrogen (secondary N) is 2. The van der Waals surface area contributed by atoms with E-state index in [9.17, 15) is 4.79 Å². The Morgan fingerprint density at radius 3 is 2.90 bits per heavy atom. The Bertz CT molecular complexity index is 925. The number of ether oxygens (including phenoxy) is 1. The van der Waals surface area contributed by atoms with Gasteiger partial charge < -0.3 is 19.5 Å². The Hall–Kier alpha value is -3.13. The van der Waals surface area contributed by atoms with Crippen molar-refractivity contribution in [2.24, 2.45) is 0 Å². The average Bonchev–Trinajstić information content (AvgIpc) is 3.29. The van der Waals surface area contributed by atoms with Gasteiger partial charge in [0, 0.05) is 38.2 Å². The zero-order chi connectivity index (χ0) is 20.1. The van der Waals surface area contributed by atoms with Gasteiger partial charge in [0.2, 0.25) is 0 Å². The monoisotopic (exact) mass is 395 g/mol. The normalized spacial score (nSPS) is 14.2. The summed E-state index contributed by atoms with van der Waals surface area (Å²) < 4.78 is 11.3. The number of aromatic nitrogens is 3. The first-order valence-corrected chi connectivity index (χ1v) is 9.85. The molecule has 1 aromatic carbocycles. The number of carbonyl (C=O) groups is 1. The molecule has 0 spiro atoms. The number of aromatic amines is 1. The Kier molecular flexibility index (Phi) is 5.90. The molecule has 29 heavy (non-hydrogen) atoms. The molecule has 4 rings (SSSR count). The van der Waals surface area contributed by atoms with Crippen molar-refractivity contribution < 1.29 is 13.9 Å². The second-order valence-electron chi connectivity index (χ2n) is 7.06. The fourth-order valence-corrected chi connectivity index (χ4v) is 3.35. The summed E-state index contributed by atoms with van der Waals surface area (Å²) >= 11 is 0. The number of aryl methyl sites for hydroxylation is 1. The lowest BCUT2D eigenvalue weighted by atomic mass is 10.2. The van der Waals surface area contributed by atoms with E-state index >= 15 is 0 Å². The second kappa shape index (κ2) is 8.91. The lowest BCUT2D eigenvalue weighted by Gasteiger charge is -2.18. The lowest BCUT2D eigenvalue weighted by molar-refractivity contribution is 0.0910. The zero-order valence-corrected chi connectivity index (χ0v) is 16.5. The SMILES string of the molecule is Cc1[nH]cnc1CN1CCc2nc(C(=O)NCCOc3ccccc3)oc2CC1. The van der Waals surface area contributed by atoms with Crippen LogP contribution in [0, 0.1) is 6.92 Å². The molecule has 152 valence electrons. The predicted molar refractivity (Wildman–Crippen MR) is 107 cm³/mol. The van der Waals surface area contributed by atoms with Gasteiger partial charge >= 0.3 is 5.91 Å². The van der Waals surface area contributed by atoms with Crippen LogP contribution in [0.2, 0.25) is 0 Å². The Morgan fingerprint density at radius 2 is 2.10 bits per heavy atom. The van der Waals surface area contributed by atoms with E-state index in [1.165, 1.54) is 0 Å². The molecule has 0 saturated heterocycles. The van der Waals surface area contributed by atoms with Crippen molar-refractivity contribution >= 4 is 5.91 Å². The van der Waals surface area contributed by atoms with Gasteiger partial charge in [0.15, 0.2) is 0 Å². The molecule has 0 bridgehead atoms. The van der Waals surface area contributed by atoms with Gasteiger partial charge in [0.25, 0.3) is 5.89 Å². The number of benzene rings is 1. The molecule has 0 saturated carbocycles. The summed E-state index contributed by atoms with van der Waals surface area (Å²) in [5.41, 5.74) is 3.03. The van der Waals surface area contributed by atoms with Crippen LogP contribution in [0.5, 0.6) is 5.75 Å². The molecule has 0 fully saturated rings. The lowest BCUT2D eigenvalue weighted by Crippen LogP contribution is -2.28. The van der Waals surface area contributed by atoms with Crippen LogP contribution in [0.4, 0.5) is 0 Å². The highest BCUT2D eigenvalue weighted by molar-refractivity contribution is 5.89. The minimum Gasteiger partial charge on any atom is -0.492 e. The number of carbonyl (C=O) groups excluding carboxylic acids is 1. The van der Waals surface area contributed by atoms with Gasteiger partial charge in [0.05, 0.1) is 24.3 Å². The molecule has 1 aliphatic rings. The van der Waals surface area contributed by atoms with E-state index < -0.39 is 0 Å². The largest absolute Gasteiger partial charge is 0.492 e. The molecule has 3 aromatic rings. The van der Waals surface area contributed by atoms with Gasteiger partial charge in [-0.1, -0.05) is 18.2 Å². The molecule has 0 unspecified atom stereocenters. The quantitative estimate of drug-likeness (QED) is 0.595. The van der Waals surface area contributed by atoms with Gasteiger partial charge in [-0.25, -0.2) is 9.97 Å². The van der Waals surface area contributed by atoms with Gasteiger partial charge in [-0.2, -0.15) is 0 Å². The first-order valence-electron chi connectivity index (χ1n) is 9.85. The van der Waals surface area contributed by atoms with E-state index in [0.29, 0.717) is 13.2 Å². The Labute approximate surface area is 169 Å². The van der Waals surface area contributed by atoms with E-state index in [1.807, 2.05) is 37.3 Å². The summed E-state index contributed by atoms with van der Waals surface area (Å²) in [6.07, 6.45) is 3.22. The third-order valence-corrected chi connectivity index (χ3v) is 5.00. The maximum atomic E-state index is 12.3. The maximum Gasteiger partial charge on any atom is 0.307 e. The molecule has 3 heterocycles. The van der Waals surface area contributed by atoms with E-state index in [-0.39, 0.29) is 11.8 Å². The van der Waals surface area contributed by atoms with Gasteiger partial charge in [-0.05, 0) is 19.1 Å². The highest BCUT2D eigenvalue weighted by atomic mass is 16.5. The zero-order valence-electron chi connectivity index (χ0n) is 16.5. The molecule has 1 amide bonds. The summed E-state index contributed by atoms with van der Waals surface area (Å²) in [5, 5.41) is 2.80. The molecule has 1 aliphatic heterocycles. The Balaban J connectivity index is 1.26. The highest BCUT2D eigenvalue weighted by Gasteiger charge is 2.23. The topological polar surface area (TPSA) is 96.3 Å². The van der Waals surface area contributed by atoms with Crippen LogP contribution in [0.25, 0.3) is 0 Å². The molecular formula is C21H25N5O3. The number of para-hydroxylation sites is 1. The highest BCUT2D eigenvalue weighted by Crippen LogP contribution is 2.18. The number of amides is 1. The number of rotatable bonds is 7. The number of nitrogens with zero attached hydrogens (tertiary/aromatic N) is 3. The van der Waals surface area contributed by atoms with Crippen LogP contribution in [-0.2, 0) is 19.4 Å². The van der Waals surface area contributed by atoms with Crippen LogP contribution in [0.3, 0.4) is 0 Å². The first-order chi connectivity index (χ1) is 14.2. The first kappa shape index (κ1) is 19.2. The molecular weight excluding hydrogens is 370 g/mol. The smallest absolute Gasteiger partial charge is 0.307 e. The molecule has 0 atom stereocenters. The average molecular weight is 395 g/mol. The molecule has 2 N–H and O–H groups in total. The number of H-pyrrole nitrogens is 1. The summed E-state index contributed by atoms with van der Waals surface area (Å²) in [7, 11) is 0. The van der Waals surface area contributed by atoms with E-state index in [2.05, 4.69) is 25.2 Å². The van der Waals surface area contributed by atoms with Crippen LogP contribution in [-0.4, -0.2) is 52.0 Å². The minimum atomic E-state index is -0.307. The van der Waals surface area contributed by atoms with Crippen molar-refractivity contribution in [2.45, 2.75) is 26.3 Å². The number of imidazole rings is 1. The number of hydrogen-bond donors (Lipinski definition) is 2. The van der Waals surface area contributed by atoms with Crippen LogP contribution >= 0.6 is 0 Å². The fourth-order valence-electron chi connectivity index (χ4n) is 3.35. The number of fused-ring (bicyclic) bond motifs is 1. The van der Waals surface area contributed by atoms with Crippen molar-refractivity contribution in [2.75, 3.05) is 26.2 Å². The standard InChI is InChI=1S/C21H25N5O3/c1-15-18(24-14-23-15)13-26-10-7-17-19(8-11-26)29-21(25-17)20(27)22-9-12-28-16-5-3-2-4-6-16/h2-6,14H,7-13H2,1H3,(H,22,27)(H,23,24). The maximum absolute atomic E-state index is 12.3. The third-order valence-electron chi connectivity index (χ3n) is 5.00. The second-order valence-corrected chi connectivity index (χ2v) is 7.06. The van der Waals surface area contributed by atoms with E-state index in [0.717, 1.165) is 61.1 Å². The number of hydrogen-bond acceptors (Lipinski definition) is 6. The molecule has 0 aliphatic carbocycles. The van der Waals surface area contributed by atoms with Crippen LogP contribution in [0.1, 0.15) is 33.5 Å². The minimum absolute atomic E-state index is 0.131. The summed E-state index contributed by atoms with van der Waals surface area (Å²) in [6.45, 7) is 5.31. The van der Waals surface area contributed by atoms with E-state index in [1.54, 1.807) is 6.33 Å². The van der Waals surface area contributed by atoms with Crippen LogP contribution in [0.15, 0.2) is 41.1 Å². The summed E-state index contributed by atoms with van der Waals surface area (Å²) in [4.78, 5) is 26.6. The summed E-state index contributed by atoms with van der Waals surface area (Å²) in [6, 6.07) is 9.50. The summed E-state index contributed by atoms with van der Waals surface area (Å²) in [5.74, 6) is 1.40. The third kappa shape index (κ3) is 4.83. The molecule has 8 heteroatoms. The van der Waals surface area contributed by atoms with Gasteiger partial charge in [-0.15, -0.1) is 0 Å².